The molecule has 1 saturated heterocycles. The first-order chi connectivity index (χ1) is 8.70. The number of rotatable bonds is 5. The van der Waals surface area contributed by atoms with Crippen LogP contribution in [0.3, 0.4) is 0 Å². The number of likely N-dealkylation sites (N-methyl/N-ethyl adjacent to an activating group) is 1. The maximum atomic E-state index is 10.8. The van der Waals surface area contributed by atoms with E-state index in [1.54, 1.807) is 6.07 Å². The molecule has 2 heterocycles. The van der Waals surface area contributed by atoms with Crippen molar-refractivity contribution in [1.82, 2.24) is 10.3 Å². The summed E-state index contributed by atoms with van der Waals surface area (Å²) in [6.45, 7) is 4.75. The summed E-state index contributed by atoms with van der Waals surface area (Å²) in [5, 5.41) is 14.2. The first kappa shape index (κ1) is 12.8. The summed E-state index contributed by atoms with van der Waals surface area (Å²) in [7, 11) is 0. The Morgan fingerprint density at radius 2 is 2.50 bits per heavy atom. The summed E-state index contributed by atoms with van der Waals surface area (Å²) < 4.78 is 0. The number of hydrogen-bond donors (Lipinski definition) is 1. The number of anilines is 1. The molecule has 0 saturated carbocycles. The highest BCUT2D eigenvalue weighted by Crippen LogP contribution is 2.19. The number of aromatic nitrogens is 1. The molecule has 98 valence electrons. The van der Waals surface area contributed by atoms with Crippen molar-refractivity contribution in [2.75, 3.05) is 24.5 Å². The van der Waals surface area contributed by atoms with Crippen LogP contribution < -0.4 is 10.2 Å². The molecule has 0 aliphatic carbocycles. The average Bonchev–Trinajstić information content (AvgIpc) is 2.89. The monoisotopic (exact) mass is 250 g/mol. The van der Waals surface area contributed by atoms with Crippen molar-refractivity contribution in [2.24, 2.45) is 0 Å². The molecule has 2 rings (SSSR count). The molecule has 1 aromatic heterocycles. The van der Waals surface area contributed by atoms with Gasteiger partial charge in [0.25, 0.3) is 5.69 Å². The molecule has 6 heteroatoms. The molecule has 0 spiro atoms. The molecule has 1 aliphatic rings. The van der Waals surface area contributed by atoms with Crippen molar-refractivity contribution in [2.45, 2.75) is 25.8 Å². The van der Waals surface area contributed by atoms with Crippen LogP contribution in [0.5, 0.6) is 0 Å². The van der Waals surface area contributed by atoms with E-state index in [-0.39, 0.29) is 10.6 Å². The highest BCUT2D eigenvalue weighted by Gasteiger charge is 2.19. The van der Waals surface area contributed by atoms with Crippen LogP contribution in [0.1, 0.15) is 19.8 Å². The van der Waals surface area contributed by atoms with Crippen molar-refractivity contribution in [3.63, 3.8) is 0 Å². The first-order valence-electron chi connectivity index (χ1n) is 6.29. The molecule has 18 heavy (non-hydrogen) atoms. The van der Waals surface area contributed by atoms with Crippen molar-refractivity contribution in [1.29, 1.82) is 0 Å². The Morgan fingerprint density at radius 3 is 3.11 bits per heavy atom. The maximum absolute atomic E-state index is 10.8. The van der Waals surface area contributed by atoms with Crippen molar-refractivity contribution >= 4 is 11.5 Å². The van der Waals surface area contributed by atoms with Crippen LogP contribution in [0.2, 0.25) is 0 Å². The van der Waals surface area contributed by atoms with Gasteiger partial charge in [-0.05, 0) is 26.3 Å². The normalized spacial score (nSPS) is 18.8. The average molecular weight is 250 g/mol. The van der Waals surface area contributed by atoms with Gasteiger partial charge in [0.05, 0.1) is 11.0 Å². The zero-order valence-corrected chi connectivity index (χ0v) is 10.5. The second-order valence-corrected chi connectivity index (χ2v) is 4.46. The molecule has 1 aromatic rings. The van der Waals surface area contributed by atoms with Gasteiger partial charge in [0.15, 0.2) is 0 Å². The fraction of sp³-hybridized carbons (Fsp3) is 0.583. The largest absolute Gasteiger partial charge is 0.355 e. The SMILES string of the molecule is CCN(CC1CCCN1)c1cc([N+](=O)[O-])ccn1. The van der Waals surface area contributed by atoms with Gasteiger partial charge in [0.1, 0.15) is 5.82 Å². The fourth-order valence-electron chi connectivity index (χ4n) is 2.26. The summed E-state index contributed by atoms with van der Waals surface area (Å²) in [5.74, 6) is 0.681. The van der Waals surface area contributed by atoms with E-state index in [4.69, 9.17) is 0 Å². The van der Waals surface area contributed by atoms with Crippen LogP contribution in [0.25, 0.3) is 0 Å². The molecular weight excluding hydrogens is 232 g/mol. The van der Waals surface area contributed by atoms with Crippen LogP contribution in [0.15, 0.2) is 18.3 Å². The number of nitrogens with zero attached hydrogens (tertiary/aromatic N) is 3. The van der Waals surface area contributed by atoms with E-state index in [1.807, 2.05) is 6.92 Å². The minimum absolute atomic E-state index is 0.0952. The molecule has 1 N–H and O–H groups in total. The minimum Gasteiger partial charge on any atom is -0.355 e. The van der Waals surface area contributed by atoms with E-state index in [9.17, 15) is 10.1 Å². The van der Waals surface area contributed by atoms with Crippen LogP contribution in [-0.2, 0) is 0 Å². The van der Waals surface area contributed by atoms with E-state index in [0.29, 0.717) is 11.9 Å². The number of pyridine rings is 1. The van der Waals surface area contributed by atoms with Gasteiger partial charge in [0.2, 0.25) is 0 Å². The van der Waals surface area contributed by atoms with E-state index in [2.05, 4.69) is 15.2 Å². The lowest BCUT2D eigenvalue weighted by molar-refractivity contribution is -0.384. The Balaban J connectivity index is 2.10. The molecule has 0 radical (unpaired) electrons. The van der Waals surface area contributed by atoms with Gasteiger partial charge < -0.3 is 10.2 Å². The number of hydrogen-bond acceptors (Lipinski definition) is 5. The Labute approximate surface area is 106 Å². The van der Waals surface area contributed by atoms with Crippen molar-refractivity contribution < 1.29 is 4.92 Å². The topological polar surface area (TPSA) is 71.3 Å². The lowest BCUT2D eigenvalue weighted by Gasteiger charge is -2.25. The second kappa shape index (κ2) is 5.77. The maximum Gasteiger partial charge on any atom is 0.274 e. The van der Waals surface area contributed by atoms with Gasteiger partial charge in [-0.2, -0.15) is 0 Å². The van der Waals surface area contributed by atoms with Crippen molar-refractivity contribution in [3.8, 4) is 0 Å². The quantitative estimate of drug-likeness (QED) is 0.634. The molecule has 0 aromatic carbocycles. The Kier molecular flexibility index (Phi) is 4.09. The van der Waals surface area contributed by atoms with E-state index in [1.165, 1.54) is 18.7 Å². The summed E-state index contributed by atoms with van der Waals surface area (Å²) in [6.07, 6.45) is 3.86. The molecule has 1 fully saturated rings. The Morgan fingerprint density at radius 1 is 1.67 bits per heavy atom. The van der Waals surface area contributed by atoms with Gasteiger partial charge >= 0.3 is 0 Å². The van der Waals surface area contributed by atoms with E-state index < -0.39 is 0 Å². The summed E-state index contributed by atoms with van der Waals surface area (Å²) in [6, 6.07) is 3.43. The fourth-order valence-corrected chi connectivity index (χ4v) is 2.26. The predicted molar refractivity (Wildman–Crippen MR) is 69.8 cm³/mol. The van der Waals surface area contributed by atoms with E-state index >= 15 is 0 Å². The van der Waals surface area contributed by atoms with Crippen LogP contribution >= 0.6 is 0 Å². The van der Waals surface area contributed by atoms with Crippen LogP contribution in [0, 0.1) is 10.1 Å². The van der Waals surface area contributed by atoms with E-state index in [0.717, 1.165) is 26.1 Å². The molecule has 6 nitrogen and oxygen atoms in total. The standard InChI is InChI=1S/C12H18N4O2/c1-2-15(9-10-4-3-6-13-10)12-8-11(16(17)18)5-7-14-12/h5,7-8,10,13H,2-4,6,9H2,1H3. The smallest absolute Gasteiger partial charge is 0.274 e. The number of nitro groups is 1. The zero-order valence-electron chi connectivity index (χ0n) is 10.5. The lowest BCUT2D eigenvalue weighted by Crippen LogP contribution is -2.37. The molecule has 1 aliphatic heterocycles. The predicted octanol–water partition coefficient (Wildman–Crippen LogP) is 1.57. The molecular formula is C12H18N4O2. The zero-order chi connectivity index (χ0) is 13.0. The molecule has 0 amide bonds. The Hall–Kier alpha value is -1.69. The first-order valence-corrected chi connectivity index (χ1v) is 6.29. The molecule has 1 unspecified atom stereocenters. The number of nitrogens with one attached hydrogen (secondary N) is 1. The lowest BCUT2D eigenvalue weighted by atomic mass is 10.2. The third-order valence-corrected chi connectivity index (χ3v) is 3.25. The van der Waals surface area contributed by atoms with Gasteiger partial charge in [-0.3, -0.25) is 10.1 Å². The third-order valence-electron chi connectivity index (χ3n) is 3.25. The van der Waals surface area contributed by atoms with Crippen molar-refractivity contribution in [3.05, 3.63) is 28.4 Å². The van der Waals surface area contributed by atoms with Gasteiger partial charge in [0, 0.05) is 31.4 Å². The summed E-state index contributed by atoms with van der Waals surface area (Å²) in [4.78, 5) is 16.7. The second-order valence-electron chi connectivity index (χ2n) is 4.46. The highest BCUT2D eigenvalue weighted by molar-refractivity contribution is 5.46. The summed E-state index contributed by atoms with van der Waals surface area (Å²) in [5.41, 5.74) is 0.0952. The highest BCUT2D eigenvalue weighted by atomic mass is 16.6. The third kappa shape index (κ3) is 2.95. The summed E-state index contributed by atoms with van der Waals surface area (Å²) >= 11 is 0. The van der Waals surface area contributed by atoms with Gasteiger partial charge in [-0.15, -0.1) is 0 Å². The molecule has 1 atom stereocenters. The Bertz CT molecular complexity index is 418. The van der Waals surface area contributed by atoms with Crippen LogP contribution in [0.4, 0.5) is 11.5 Å². The van der Waals surface area contributed by atoms with Crippen LogP contribution in [-0.4, -0.2) is 35.6 Å². The van der Waals surface area contributed by atoms with Gasteiger partial charge in [-0.25, -0.2) is 4.98 Å². The van der Waals surface area contributed by atoms with Gasteiger partial charge in [-0.1, -0.05) is 0 Å². The molecule has 0 bridgehead atoms. The minimum atomic E-state index is -0.382.